The minimum Gasteiger partial charge on any atom is -0.0740 e. The zero-order valence-electron chi connectivity index (χ0n) is 7.54. The zero-order chi connectivity index (χ0) is 8.27. The molecule has 0 aliphatic rings. The number of rotatable bonds is 2. The minimum atomic E-state index is -0.495. The van der Waals surface area contributed by atoms with Gasteiger partial charge in [0.2, 0.25) is 0 Å². The fraction of sp³-hybridized carbons (Fsp3) is 0.333. The molecular weight excluding hydrogens is 164 g/mol. The van der Waals surface area contributed by atoms with Crippen LogP contribution in [0.25, 0.3) is 0 Å². The molecule has 11 heavy (non-hydrogen) atoms. The van der Waals surface area contributed by atoms with E-state index in [2.05, 4.69) is 50.0 Å². The van der Waals surface area contributed by atoms with Crippen LogP contribution >= 0.6 is 0 Å². The molecule has 0 heterocycles. The summed E-state index contributed by atoms with van der Waals surface area (Å²) >= 11 is 0. The van der Waals surface area contributed by atoms with Gasteiger partial charge in [0.15, 0.2) is 0 Å². The molecule has 0 aliphatic heterocycles. The van der Waals surface area contributed by atoms with Crippen LogP contribution in [0.15, 0.2) is 30.3 Å². The van der Waals surface area contributed by atoms with Crippen molar-refractivity contribution in [2.24, 2.45) is 0 Å². The van der Waals surface area contributed by atoms with Crippen LogP contribution in [0.3, 0.4) is 0 Å². The predicted octanol–water partition coefficient (Wildman–Crippen LogP) is 1.32. The molecule has 0 aliphatic carbocycles. The van der Waals surface area contributed by atoms with Crippen molar-refractivity contribution in [1.29, 1.82) is 0 Å². The van der Waals surface area contributed by atoms with Gasteiger partial charge < -0.3 is 0 Å². The highest BCUT2D eigenvalue weighted by Crippen LogP contribution is 1.92. The number of benzene rings is 1. The van der Waals surface area contributed by atoms with Gasteiger partial charge in [0.05, 0.1) is 8.31 Å². The highest BCUT2D eigenvalue weighted by atomic mass is 29.2. The van der Waals surface area contributed by atoms with Crippen LogP contribution in [0, 0.1) is 0 Å². The Bertz CT molecular complexity index is 206. The highest BCUT2D eigenvalue weighted by Gasteiger charge is 2.11. The van der Waals surface area contributed by atoms with E-state index in [4.69, 9.17) is 0 Å². The third kappa shape index (κ3) is 2.31. The molecule has 0 N–H and O–H groups in total. The van der Waals surface area contributed by atoms with Gasteiger partial charge in [-0.1, -0.05) is 55.2 Å². The maximum absolute atomic E-state index is 2.48. The van der Waals surface area contributed by atoms with E-state index in [1.807, 2.05) is 0 Å². The Balaban J connectivity index is 2.77. The molecule has 0 amide bonds. The van der Waals surface area contributed by atoms with E-state index in [0.717, 1.165) is 0 Å². The maximum atomic E-state index is 2.48. The van der Waals surface area contributed by atoms with Crippen LogP contribution in [0.1, 0.15) is 0 Å². The van der Waals surface area contributed by atoms with E-state index in [1.165, 1.54) is 0 Å². The van der Waals surface area contributed by atoms with Crippen LogP contribution in [-0.4, -0.2) is 16.6 Å². The van der Waals surface area contributed by atoms with E-state index < -0.39 is 8.31 Å². The lowest BCUT2D eigenvalue weighted by Gasteiger charge is -2.12. The largest absolute Gasteiger partial charge is 0.0740 e. The fourth-order valence-electron chi connectivity index (χ4n) is 1.14. The molecule has 0 saturated carbocycles. The summed E-state index contributed by atoms with van der Waals surface area (Å²) in [7, 11) is -0.847. The van der Waals surface area contributed by atoms with E-state index >= 15 is 0 Å². The van der Waals surface area contributed by atoms with Crippen LogP contribution in [0.5, 0.6) is 0 Å². The normalized spacial score (nSPS) is 13.5. The summed E-state index contributed by atoms with van der Waals surface area (Å²) in [5.74, 6) is 0. The highest BCUT2D eigenvalue weighted by molar-refractivity contribution is 7.26. The topological polar surface area (TPSA) is 0 Å². The van der Waals surface area contributed by atoms with E-state index in [-0.39, 0.29) is 8.31 Å². The average Bonchev–Trinajstić information content (AvgIpc) is 2.05. The molecular formula is C9H16Si2. The average molecular weight is 180 g/mol. The Kier molecular flexibility index (Phi) is 3.08. The predicted molar refractivity (Wildman–Crippen MR) is 58.0 cm³/mol. The van der Waals surface area contributed by atoms with Gasteiger partial charge in [0.25, 0.3) is 0 Å². The first-order valence-electron chi connectivity index (χ1n) is 4.26. The Morgan fingerprint density at radius 3 is 1.91 bits per heavy atom. The molecule has 1 atom stereocenters. The summed E-state index contributed by atoms with van der Waals surface area (Å²) in [5, 5.41) is 1.65. The maximum Gasteiger partial charge on any atom is 0.0579 e. The molecule has 1 aromatic rings. The first-order chi connectivity index (χ1) is 5.22. The molecule has 0 bridgehead atoms. The molecule has 1 unspecified atom stereocenters. The van der Waals surface area contributed by atoms with Gasteiger partial charge in [0, 0.05) is 8.31 Å². The summed E-state index contributed by atoms with van der Waals surface area (Å²) in [4.78, 5) is 0. The summed E-state index contributed by atoms with van der Waals surface area (Å²) in [5.41, 5.74) is 0. The van der Waals surface area contributed by atoms with Crippen molar-refractivity contribution in [3.8, 4) is 0 Å². The van der Waals surface area contributed by atoms with Crippen LogP contribution < -0.4 is 5.19 Å². The SMILES string of the molecule is C[SiH](C)[SiH](C)c1ccccc1. The Morgan fingerprint density at radius 1 is 0.909 bits per heavy atom. The fourth-order valence-corrected chi connectivity index (χ4v) is 5.72. The molecule has 1 rings (SSSR count). The second-order valence-corrected chi connectivity index (χ2v) is 15.2. The second-order valence-electron chi connectivity index (χ2n) is 3.44. The van der Waals surface area contributed by atoms with Crippen LogP contribution in [0.4, 0.5) is 0 Å². The monoisotopic (exact) mass is 180 g/mol. The smallest absolute Gasteiger partial charge is 0.0579 e. The van der Waals surface area contributed by atoms with Crippen molar-refractivity contribution >= 4 is 21.8 Å². The Labute approximate surface area is 72.3 Å². The van der Waals surface area contributed by atoms with Gasteiger partial charge in [-0.2, -0.15) is 0 Å². The minimum absolute atomic E-state index is 0.352. The van der Waals surface area contributed by atoms with E-state index in [1.54, 1.807) is 5.19 Å². The molecule has 0 radical (unpaired) electrons. The summed E-state index contributed by atoms with van der Waals surface area (Å²) in [6, 6.07) is 11.0. The Hall–Kier alpha value is -0.346. The molecule has 2 heteroatoms. The van der Waals surface area contributed by atoms with Gasteiger partial charge in [-0.15, -0.1) is 0 Å². The van der Waals surface area contributed by atoms with Gasteiger partial charge in [-0.3, -0.25) is 0 Å². The lowest BCUT2D eigenvalue weighted by atomic mass is 10.4. The van der Waals surface area contributed by atoms with Gasteiger partial charge >= 0.3 is 0 Å². The van der Waals surface area contributed by atoms with Gasteiger partial charge in [-0.25, -0.2) is 0 Å². The van der Waals surface area contributed by atoms with Crippen molar-refractivity contribution in [3.63, 3.8) is 0 Å². The number of hydrogen-bond donors (Lipinski definition) is 0. The van der Waals surface area contributed by atoms with Crippen molar-refractivity contribution < 1.29 is 0 Å². The van der Waals surface area contributed by atoms with Crippen molar-refractivity contribution in [2.75, 3.05) is 0 Å². The molecule has 0 spiro atoms. The third-order valence-electron chi connectivity index (χ3n) is 2.33. The molecule has 60 valence electrons. The first-order valence-corrected chi connectivity index (χ1v) is 11.0. The second kappa shape index (κ2) is 3.88. The summed E-state index contributed by atoms with van der Waals surface area (Å²) in [6.45, 7) is 7.40. The van der Waals surface area contributed by atoms with Crippen LogP contribution in [-0.2, 0) is 0 Å². The van der Waals surface area contributed by atoms with Crippen molar-refractivity contribution in [1.82, 2.24) is 0 Å². The quantitative estimate of drug-likeness (QED) is 0.602. The summed E-state index contributed by atoms with van der Waals surface area (Å²) < 4.78 is 0. The lowest BCUT2D eigenvalue weighted by Crippen LogP contribution is -2.38. The standard InChI is InChI=1S/C9H16Si2/c1-10(2)11(3)9-7-5-4-6-8-9/h4-8,10-11H,1-3H3. The van der Waals surface area contributed by atoms with Gasteiger partial charge in [-0.05, 0) is 0 Å². The molecule has 0 aromatic heterocycles. The lowest BCUT2D eigenvalue weighted by molar-refractivity contribution is 1.76. The van der Waals surface area contributed by atoms with Crippen molar-refractivity contribution in [2.45, 2.75) is 19.6 Å². The van der Waals surface area contributed by atoms with E-state index in [0.29, 0.717) is 0 Å². The molecule has 0 nitrogen and oxygen atoms in total. The number of hydrogen-bond acceptors (Lipinski definition) is 0. The molecule has 1 aromatic carbocycles. The Morgan fingerprint density at radius 2 is 1.45 bits per heavy atom. The van der Waals surface area contributed by atoms with Crippen molar-refractivity contribution in [3.05, 3.63) is 30.3 Å². The third-order valence-corrected chi connectivity index (χ3v) is 12.9. The van der Waals surface area contributed by atoms with Gasteiger partial charge in [0.1, 0.15) is 0 Å². The first kappa shape index (κ1) is 8.75. The zero-order valence-corrected chi connectivity index (χ0v) is 9.85. The molecule has 0 fully saturated rings. The van der Waals surface area contributed by atoms with Crippen LogP contribution in [0.2, 0.25) is 19.6 Å². The van der Waals surface area contributed by atoms with E-state index in [9.17, 15) is 0 Å². The molecule has 0 saturated heterocycles. The summed E-state index contributed by atoms with van der Waals surface area (Å²) in [6.07, 6.45) is 0.